The van der Waals surface area contributed by atoms with Gasteiger partial charge in [-0.1, -0.05) is 12.1 Å². The van der Waals surface area contributed by atoms with Crippen LogP contribution in [-0.2, 0) is 6.42 Å². The smallest absolute Gasteiger partial charge is 0.255 e. The summed E-state index contributed by atoms with van der Waals surface area (Å²) in [4.78, 5) is 19.5. The fourth-order valence-electron chi connectivity index (χ4n) is 2.25. The SMILES string of the molecule is NCCc1ccc(C(=O)Nc2ccnc3[nH]ccc23)cc1. The Labute approximate surface area is 122 Å². The van der Waals surface area contributed by atoms with Crippen LogP contribution in [0.5, 0.6) is 0 Å². The van der Waals surface area contributed by atoms with Crippen LogP contribution in [0.15, 0.2) is 48.8 Å². The number of rotatable bonds is 4. The Hall–Kier alpha value is -2.66. The van der Waals surface area contributed by atoms with Crippen molar-refractivity contribution in [3.8, 4) is 0 Å². The molecular formula is C16H16N4O. The number of nitrogens with two attached hydrogens (primary N) is 1. The minimum absolute atomic E-state index is 0.136. The molecule has 0 fully saturated rings. The first-order chi connectivity index (χ1) is 10.3. The van der Waals surface area contributed by atoms with E-state index in [1.54, 1.807) is 18.5 Å². The van der Waals surface area contributed by atoms with Gasteiger partial charge in [0, 0.05) is 23.3 Å². The van der Waals surface area contributed by atoms with Crippen molar-refractivity contribution in [2.75, 3.05) is 11.9 Å². The van der Waals surface area contributed by atoms with Gasteiger partial charge in [0.15, 0.2) is 0 Å². The van der Waals surface area contributed by atoms with Gasteiger partial charge >= 0.3 is 0 Å². The van der Waals surface area contributed by atoms with E-state index >= 15 is 0 Å². The number of aromatic amines is 1. The summed E-state index contributed by atoms with van der Waals surface area (Å²) in [5.74, 6) is -0.136. The highest BCUT2D eigenvalue weighted by atomic mass is 16.1. The summed E-state index contributed by atoms with van der Waals surface area (Å²) >= 11 is 0. The molecule has 4 N–H and O–H groups in total. The summed E-state index contributed by atoms with van der Waals surface area (Å²) in [6.45, 7) is 0.605. The quantitative estimate of drug-likeness (QED) is 0.685. The third-order valence-electron chi connectivity index (χ3n) is 3.36. The van der Waals surface area contributed by atoms with Crippen molar-refractivity contribution in [2.45, 2.75) is 6.42 Å². The summed E-state index contributed by atoms with van der Waals surface area (Å²) in [7, 11) is 0. The topological polar surface area (TPSA) is 83.8 Å². The maximum Gasteiger partial charge on any atom is 0.255 e. The summed E-state index contributed by atoms with van der Waals surface area (Å²) in [6, 6.07) is 11.2. The number of anilines is 1. The zero-order valence-electron chi connectivity index (χ0n) is 11.5. The Balaban J connectivity index is 1.81. The second-order valence-corrected chi connectivity index (χ2v) is 4.79. The fourth-order valence-corrected chi connectivity index (χ4v) is 2.25. The van der Waals surface area contributed by atoms with E-state index < -0.39 is 0 Å². The number of H-pyrrole nitrogens is 1. The third kappa shape index (κ3) is 2.78. The van der Waals surface area contributed by atoms with Gasteiger partial charge in [0.25, 0.3) is 5.91 Å². The van der Waals surface area contributed by atoms with Crippen LogP contribution in [0.4, 0.5) is 5.69 Å². The Morgan fingerprint density at radius 1 is 1.19 bits per heavy atom. The van der Waals surface area contributed by atoms with Gasteiger partial charge in [-0.25, -0.2) is 4.98 Å². The van der Waals surface area contributed by atoms with Crippen molar-refractivity contribution in [3.05, 3.63) is 59.9 Å². The predicted octanol–water partition coefficient (Wildman–Crippen LogP) is 2.32. The molecule has 0 aliphatic rings. The molecule has 0 saturated carbocycles. The molecule has 0 atom stereocenters. The number of fused-ring (bicyclic) bond motifs is 1. The highest BCUT2D eigenvalue weighted by Crippen LogP contribution is 2.20. The van der Waals surface area contributed by atoms with E-state index in [4.69, 9.17) is 5.73 Å². The molecule has 0 aliphatic carbocycles. The molecule has 0 radical (unpaired) electrons. The fraction of sp³-hybridized carbons (Fsp3) is 0.125. The molecule has 2 aromatic heterocycles. The zero-order valence-corrected chi connectivity index (χ0v) is 11.5. The van der Waals surface area contributed by atoms with Crippen molar-refractivity contribution in [1.82, 2.24) is 9.97 Å². The number of nitrogens with zero attached hydrogens (tertiary/aromatic N) is 1. The van der Waals surface area contributed by atoms with E-state index in [0.29, 0.717) is 12.1 Å². The lowest BCUT2D eigenvalue weighted by Crippen LogP contribution is -2.12. The number of carbonyl (C=O) groups excluding carboxylic acids is 1. The van der Waals surface area contributed by atoms with Crippen LogP contribution in [0, 0.1) is 0 Å². The summed E-state index contributed by atoms with van der Waals surface area (Å²) in [6.07, 6.45) is 4.28. The van der Waals surface area contributed by atoms with Crippen molar-refractivity contribution < 1.29 is 4.79 Å². The third-order valence-corrected chi connectivity index (χ3v) is 3.36. The minimum atomic E-state index is -0.136. The normalized spacial score (nSPS) is 10.7. The van der Waals surface area contributed by atoms with E-state index in [0.717, 1.165) is 28.7 Å². The average Bonchev–Trinajstić information content (AvgIpc) is 2.98. The monoisotopic (exact) mass is 280 g/mol. The van der Waals surface area contributed by atoms with Crippen LogP contribution < -0.4 is 11.1 Å². The van der Waals surface area contributed by atoms with Crippen LogP contribution in [-0.4, -0.2) is 22.4 Å². The molecule has 0 unspecified atom stereocenters. The molecule has 2 heterocycles. The van der Waals surface area contributed by atoms with E-state index in [1.165, 1.54) is 0 Å². The van der Waals surface area contributed by atoms with E-state index in [-0.39, 0.29) is 5.91 Å². The van der Waals surface area contributed by atoms with Gasteiger partial charge in [0.05, 0.1) is 5.69 Å². The first kappa shape index (κ1) is 13.3. The van der Waals surface area contributed by atoms with Gasteiger partial charge in [-0.2, -0.15) is 0 Å². The largest absolute Gasteiger partial charge is 0.346 e. The highest BCUT2D eigenvalue weighted by molar-refractivity contribution is 6.08. The average molecular weight is 280 g/mol. The van der Waals surface area contributed by atoms with Crippen LogP contribution in [0.25, 0.3) is 11.0 Å². The van der Waals surface area contributed by atoms with E-state index in [1.807, 2.05) is 30.3 Å². The summed E-state index contributed by atoms with van der Waals surface area (Å²) < 4.78 is 0. The Kier molecular flexibility index (Phi) is 3.66. The number of hydrogen-bond donors (Lipinski definition) is 3. The molecule has 5 nitrogen and oxygen atoms in total. The first-order valence-electron chi connectivity index (χ1n) is 6.80. The van der Waals surface area contributed by atoms with Gasteiger partial charge in [-0.05, 0) is 42.8 Å². The van der Waals surface area contributed by atoms with Gasteiger partial charge in [0.2, 0.25) is 0 Å². The van der Waals surface area contributed by atoms with Gasteiger partial charge < -0.3 is 16.0 Å². The zero-order chi connectivity index (χ0) is 14.7. The van der Waals surface area contributed by atoms with Crippen molar-refractivity contribution >= 4 is 22.6 Å². The lowest BCUT2D eigenvalue weighted by Gasteiger charge is -2.07. The molecule has 3 rings (SSSR count). The second kappa shape index (κ2) is 5.76. The van der Waals surface area contributed by atoms with Crippen molar-refractivity contribution in [1.29, 1.82) is 0 Å². The van der Waals surface area contributed by atoms with Gasteiger partial charge in [-0.15, -0.1) is 0 Å². The summed E-state index contributed by atoms with van der Waals surface area (Å²) in [5.41, 5.74) is 8.77. The Morgan fingerprint density at radius 3 is 2.76 bits per heavy atom. The molecule has 1 aromatic carbocycles. The number of benzene rings is 1. The standard InChI is InChI=1S/C16H16N4O/c17-8-5-11-1-3-12(4-2-11)16(21)20-14-7-10-19-15-13(14)6-9-18-15/h1-4,6-7,9-10H,5,8,17H2,(H2,18,19,20,21). The number of pyridine rings is 1. The number of amides is 1. The van der Waals surface area contributed by atoms with Crippen LogP contribution >= 0.6 is 0 Å². The molecule has 5 heteroatoms. The number of nitrogens with one attached hydrogen (secondary N) is 2. The van der Waals surface area contributed by atoms with E-state index in [9.17, 15) is 4.79 Å². The Bertz CT molecular complexity index is 761. The van der Waals surface area contributed by atoms with Gasteiger partial charge in [0.1, 0.15) is 5.65 Å². The van der Waals surface area contributed by atoms with Crippen LogP contribution in [0.2, 0.25) is 0 Å². The van der Waals surface area contributed by atoms with Crippen LogP contribution in [0.3, 0.4) is 0 Å². The predicted molar refractivity (Wildman–Crippen MR) is 83.2 cm³/mol. The molecule has 1 amide bonds. The number of hydrogen-bond acceptors (Lipinski definition) is 3. The van der Waals surface area contributed by atoms with Crippen LogP contribution in [0.1, 0.15) is 15.9 Å². The number of carbonyl (C=O) groups is 1. The van der Waals surface area contributed by atoms with Crippen molar-refractivity contribution in [3.63, 3.8) is 0 Å². The Morgan fingerprint density at radius 2 is 2.00 bits per heavy atom. The highest BCUT2D eigenvalue weighted by Gasteiger charge is 2.09. The summed E-state index contributed by atoms with van der Waals surface area (Å²) in [5, 5.41) is 3.81. The molecule has 21 heavy (non-hydrogen) atoms. The molecule has 0 bridgehead atoms. The lowest BCUT2D eigenvalue weighted by molar-refractivity contribution is 0.102. The molecule has 0 saturated heterocycles. The lowest BCUT2D eigenvalue weighted by atomic mass is 10.1. The maximum atomic E-state index is 12.3. The van der Waals surface area contributed by atoms with Gasteiger partial charge in [-0.3, -0.25) is 4.79 Å². The molecule has 3 aromatic rings. The number of aromatic nitrogens is 2. The molecular weight excluding hydrogens is 264 g/mol. The molecule has 0 aliphatic heterocycles. The molecule has 106 valence electrons. The minimum Gasteiger partial charge on any atom is -0.346 e. The van der Waals surface area contributed by atoms with Crippen molar-refractivity contribution in [2.24, 2.45) is 5.73 Å². The second-order valence-electron chi connectivity index (χ2n) is 4.79. The maximum absolute atomic E-state index is 12.3. The first-order valence-corrected chi connectivity index (χ1v) is 6.80. The van der Waals surface area contributed by atoms with E-state index in [2.05, 4.69) is 15.3 Å². The molecule has 0 spiro atoms.